The predicted octanol–water partition coefficient (Wildman–Crippen LogP) is 4.06. The molecule has 0 aromatic heterocycles. The van der Waals surface area contributed by atoms with Gasteiger partial charge in [0.05, 0.1) is 6.54 Å². The Morgan fingerprint density at radius 3 is 2.56 bits per heavy atom. The molecule has 1 saturated carbocycles. The van der Waals surface area contributed by atoms with Gasteiger partial charge in [0.25, 0.3) is 0 Å². The van der Waals surface area contributed by atoms with Crippen LogP contribution in [0.5, 0.6) is 0 Å². The third-order valence-electron chi connectivity index (χ3n) is 4.71. The van der Waals surface area contributed by atoms with Crippen LogP contribution in [-0.2, 0) is 0 Å². The summed E-state index contributed by atoms with van der Waals surface area (Å²) in [5.74, 6) is 1.71. The third-order valence-corrected chi connectivity index (χ3v) is 6.02. The summed E-state index contributed by atoms with van der Waals surface area (Å²) < 4.78 is 0. The Kier molecular flexibility index (Phi) is 5.40. The van der Waals surface area contributed by atoms with Gasteiger partial charge in [0.2, 0.25) is 0 Å². The molecule has 0 aromatic carbocycles. The van der Waals surface area contributed by atoms with E-state index in [1.807, 2.05) is 11.8 Å². The Hall–Kier alpha value is -0.180. The maximum absolute atomic E-state index is 4.71. The molecule has 0 aromatic rings. The van der Waals surface area contributed by atoms with Crippen LogP contribution < -0.4 is 5.32 Å². The first kappa shape index (κ1) is 14.2. The summed E-state index contributed by atoms with van der Waals surface area (Å²) in [4.78, 5) is 4.71. The first-order valence-electron chi connectivity index (χ1n) is 7.72. The molecule has 1 aliphatic carbocycles. The molecular weight excluding hydrogens is 240 g/mol. The standard InChI is InChI=1S/C15H28N2S/c1-4-12(5-2)14-10-16-15(18-14)17-11(3)13-8-6-7-9-13/h11-14H,4-10H2,1-3H3,(H,16,17). The molecule has 0 radical (unpaired) electrons. The van der Waals surface area contributed by atoms with Crippen LogP contribution in [0.25, 0.3) is 0 Å². The zero-order valence-electron chi connectivity index (χ0n) is 12.1. The van der Waals surface area contributed by atoms with Crippen LogP contribution in [0.4, 0.5) is 0 Å². The van der Waals surface area contributed by atoms with Gasteiger partial charge >= 0.3 is 0 Å². The molecule has 2 aliphatic rings. The molecule has 2 rings (SSSR count). The topological polar surface area (TPSA) is 24.4 Å². The Balaban J connectivity index is 1.78. The maximum atomic E-state index is 4.71. The van der Waals surface area contributed by atoms with Gasteiger partial charge in [0.1, 0.15) is 0 Å². The minimum absolute atomic E-state index is 0.610. The van der Waals surface area contributed by atoms with E-state index in [1.165, 1.54) is 43.7 Å². The fourth-order valence-corrected chi connectivity index (χ4v) is 4.72. The van der Waals surface area contributed by atoms with Crippen molar-refractivity contribution in [2.24, 2.45) is 16.8 Å². The van der Waals surface area contributed by atoms with Gasteiger partial charge in [-0.2, -0.15) is 0 Å². The van der Waals surface area contributed by atoms with E-state index in [-0.39, 0.29) is 0 Å². The second-order valence-electron chi connectivity index (χ2n) is 5.86. The summed E-state index contributed by atoms with van der Waals surface area (Å²) in [5.41, 5.74) is 0. The van der Waals surface area contributed by atoms with Gasteiger partial charge in [-0.15, -0.1) is 0 Å². The van der Waals surface area contributed by atoms with Crippen LogP contribution in [0.15, 0.2) is 4.99 Å². The van der Waals surface area contributed by atoms with E-state index in [9.17, 15) is 0 Å². The molecule has 0 bridgehead atoms. The Morgan fingerprint density at radius 2 is 1.94 bits per heavy atom. The van der Waals surface area contributed by atoms with Crippen LogP contribution in [0.1, 0.15) is 59.3 Å². The lowest BCUT2D eigenvalue weighted by atomic mass is 9.99. The SMILES string of the molecule is CCC(CC)C1CN=C(NC(C)C2CCCC2)S1. The number of aliphatic imine (C=N–C) groups is 1. The minimum atomic E-state index is 0.610. The number of amidine groups is 1. The highest BCUT2D eigenvalue weighted by atomic mass is 32.2. The lowest BCUT2D eigenvalue weighted by Gasteiger charge is -2.22. The number of nitrogens with zero attached hydrogens (tertiary/aromatic N) is 1. The van der Waals surface area contributed by atoms with Gasteiger partial charge in [0.15, 0.2) is 5.17 Å². The molecule has 104 valence electrons. The van der Waals surface area contributed by atoms with E-state index in [4.69, 9.17) is 4.99 Å². The van der Waals surface area contributed by atoms with Crippen LogP contribution in [0, 0.1) is 11.8 Å². The number of thioether (sulfide) groups is 1. The summed E-state index contributed by atoms with van der Waals surface area (Å²) in [6, 6.07) is 0.610. The summed E-state index contributed by atoms with van der Waals surface area (Å²) in [6.45, 7) is 7.98. The smallest absolute Gasteiger partial charge is 0.157 e. The van der Waals surface area contributed by atoms with Gasteiger partial charge in [-0.3, -0.25) is 4.99 Å². The highest BCUT2D eigenvalue weighted by Crippen LogP contribution is 2.32. The molecule has 1 heterocycles. The maximum Gasteiger partial charge on any atom is 0.157 e. The molecule has 2 nitrogen and oxygen atoms in total. The van der Waals surface area contributed by atoms with E-state index in [0.29, 0.717) is 6.04 Å². The highest BCUT2D eigenvalue weighted by Gasteiger charge is 2.28. The molecule has 1 N–H and O–H groups in total. The monoisotopic (exact) mass is 268 g/mol. The number of nitrogens with one attached hydrogen (secondary N) is 1. The van der Waals surface area contributed by atoms with Crippen LogP contribution >= 0.6 is 11.8 Å². The molecule has 3 heteroatoms. The van der Waals surface area contributed by atoms with Crippen molar-refractivity contribution in [2.75, 3.05) is 6.54 Å². The van der Waals surface area contributed by atoms with Crippen LogP contribution in [0.3, 0.4) is 0 Å². The Labute approximate surface area is 116 Å². The number of hydrogen-bond donors (Lipinski definition) is 1. The van der Waals surface area contributed by atoms with Crippen molar-refractivity contribution in [3.05, 3.63) is 0 Å². The predicted molar refractivity (Wildman–Crippen MR) is 82.3 cm³/mol. The second kappa shape index (κ2) is 6.83. The minimum Gasteiger partial charge on any atom is -0.362 e. The summed E-state index contributed by atoms with van der Waals surface area (Å²) in [5, 5.41) is 5.60. The molecule has 18 heavy (non-hydrogen) atoms. The normalized spacial score (nSPS) is 26.7. The number of hydrogen-bond acceptors (Lipinski definition) is 3. The van der Waals surface area contributed by atoms with E-state index >= 15 is 0 Å². The molecule has 2 unspecified atom stereocenters. The zero-order chi connectivity index (χ0) is 13.0. The van der Waals surface area contributed by atoms with Crippen molar-refractivity contribution in [1.82, 2.24) is 5.32 Å². The van der Waals surface area contributed by atoms with Gasteiger partial charge < -0.3 is 5.32 Å². The average Bonchev–Trinajstić information content (AvgIpc) is 3.01. The van der Waals surface area contributed by atoms with Crippen LogP contribution in [0.2, 0.25) is 0 Å². The second-order valence-corrected chi connectivity index (χ2v) is 7.08. The lowest BCUT2D eigenvalue weighted by molar-refractivity contribution is 0.428. The largest absolute Gasteiger partial charge is 0.362 e. The van der Waals surface area contributed by atoms with Crippen molar-refractivity contribution >= 4 is 16.9 Å². The summed E-state index contributed by atoms with van der Waals surface area (Å²) in [7, 11) is 0. The van der Waals surface area contributed by atoms with Crippen LogP contribution in [-0.4, -0.2) is 23.0 Å². The van der Waals surface area contributed by atoms with E-state index < -0.39 is 0 Å². The average molecular weight is 268 g/mol. The van der Waals surface area contributed by atoms with Crippen molar-refractivity contribution in [3.8, 4) is 0 Å². The van der Waals surface area contributed by atoms with Gasteiger partial charge in [0, 0.05) is 11.3 Å². The molecular formula is C15H28N2S. The van der Waals surface area contributed by atoms with Crippen molar-refractivity contribution in [3.63, 3.8) is 0 Å². The zero-order valence-corrected chi connectivity index (χ0v) is 12.9. The lowest BCUT2D eigenvalue weighted by Crippen LogP contribution is -2.35. The fraction of sp³-hybridized carbons (Fsp3) is 0.933. The molecule has 2 atom stereocenters. The van der Waals surface area contributed by atoms with Crippen molar-refractivity contribution in [2.45, 2.75) is 70.6 Å². The summed E-state index contributed by atoms with van der Waals surface area (Å²) in [6.07, 6.45) is 8.23. The molecule has 1 aliphatic heterocycles. The van der Waals surface area contributed by atoms with E-state index in [1.54, 1.807) is 0 Å². The molecule has 0 amide bonds. The van der Waals surface area contributed by atoms with E-state index in [0.717, 1.165) is 23.6 Å². The first-order valence-corrected chi connectivity index (χ1v) is 8.60. The van der Waals surface area contributed by atoms with Gasteiger partial charge in [-0.25, -0.2) is 0 Å². The molecule has 0 saturated heterocycles. The summed E-state index contributed by atoms with van der Waals surface area (Å²) >= 11 is 1.99. The Bertz CT molecular complexity index is 280. The first-order chi connectivity index (χ1) is 8.74. The quantitative estimate of drug-likeness (QED) is 0.813. The molecule has 1 fully saturated rings. The van der Waals surface area contributed by atoms with Gasteiger partial charge in [-0.05, 0) is 31.6 Å². The fourth-order valence-electron chi connectivity index (χ4n) is 3.30. The molecule has 0 spiro atoms. The third kappa shape index (κ3) is 3.43. The highest BCUT2D eigenvalue weighted by molar-refractivity contribution is 8.14. The van der Waals surface area contributed by atoms with Crippen molar-refractivity contribution < 1.29 is 0 Å². The van der Waals surface area contributed by atoms with Gasteiger partial charge in [-0.1, -0.05) is 51.3 Å². The van der Waals surface area contributed by atoms with E-state index in [2.05, 4.69) is 26.1 Å². The number of rotatable bonds is 5. The Morgan fingerprint density at radius 1 is 1.28 bits per heavy atom. The van der Waals surface area contributed by atoms with Crippen molar-refractivity contribution in [1.29, 1.82) is 0 Å².